The molecule has 2 aromatic carbocycles. The zero-order chi connectivity index (χ0) is 15.6. The zero-order valence-corrected chi connectivity index (χ0v) is 13.7. The quantitative estimate of drug-likeness (QED) is 0.836. The number of rotatable bonds is 4. The van der Waals surface area contributed by atoms with E-state index in [9.17, 15) is 5.11 Å². The summed E-state index contributed by atoms with van der Waals surface area (Å²) in [6, 6.07) is 11.1. The van der Waals surface area contributed by atoms with Crippen LogP contribution in [0, 0.1) is 0 Å². The summed E-state index contributed by atoms with van der Waals surface area (Å²) in [5.74, 6) is 0.947. The third-order valence-corrected chi connectivity index (χ3v) is 4.11. The molecular formula is C17H18Cl2O2. The Balaban J connectivity index is 2.35. The summed E-state index contributed by atoms with van der Waals surface area (Å²) in [4.78, 5) is 0. The molecule has 2 nitrogen and oxygen atoms in total. The molecule has 2 aromatic rings. The molecule has 0 bridgehead atoms. The summed E-state index contributed by atoms with van der Waals surface area (Å²) in [6.07, 6.45) is -0.817. The average Bonchev–Trinajstić information content (AvgIpc) is 2.48. The van der Waals surface area contributed by atoms with Crippen molar-refractivity contribution in [1.29, 1.82) is 0 Å². The second kappa shape index (κ2) is 6.69. The number of ether oxygens (including phenoxy) is 1. The van der Waals surface area contributed by atoms with E-state index in [0.29, 0.717) is 27.3 Å². The van der Waals surface area contributed by atoms with Gasteiger partial charge in [0.25, 0.3) is 0 Å². The molecule has 0 aromatic heterocycles. The third-order valence-electron chi connectivity index (χ3n) is 3.48. The van der Waals surface area contributed by atoms with Crippen molar-refractivity contribution in [2.24, 2.45) is 0 Å². The van der Waals surface area contributed by atoms with E-state index in [1.807, 2.05) is 24.3 Å². The van der Waals surface area contributed by atoms with Gasteiger partial charge in [0.2, 0.25) is 0 Å². The van der Waals surface area contributed by atoms with Crippen molar-refractivity contribution in [2.75, 3.05) is 7.11 Å². The van der Waals surface area contributed by atoms with Crippen molar-refractivity contribution in [2.45, 2.75) is 25.9 Å². The van der Waals surface area contributed by atoms with Gasteiger partial charge in [-0.05, 0) is 23.1 Å². The van der Waals surface area contributed by atoms with Crippen LogP contribution in [0.3, 0.4) is 0 Å². The number of aliphatic hydroxyl groups is 1. The maximum atomic E-state index is 10.5. The number of benzene rings is 2. The lowest BCUT2D eigenvalue weighted by Gasteiger charge is -2.16. The lowest BCUT2D eigenvalue weighted by molar-refractivity contribution is 0.220. The Hall–Kier alpha value is -1.22. The van der Waals surface area contributed by atoms with E-state index in [1.54, 1.807) is 12.1 Å². The van der Waals surface area contributed by atoms with Crippen LogP contribution in [0.5, 0.6) is 5.75 Å². The Morgan fingerprint density at radius 1 is 0.952 bits per heavy atom. The van der Waals surface area contributed by atoms with Crippen molar-refractivity contribution < 1.29 is 9.84 Å². The molecule has 1 unspecified atom stereocenters. The SMILES string of the molecule is COc1cc(Cl)c(C(O)c2ccc(C(C)C)cc2)cc1Cl. The van der Waals surface area contributed by atoms with E-state index in [1.165, 1.54) is 12.7 Å². The molecule has 0 heterocycles. The molecule has 0 fully saturated rings. The smallest absolute Gasteiger partial charge is 0.138 e. The van der Waals surface area contributed by atoms with Crippen molar-refractivity contribution in [3.8, 4) is 5.75 Å². The molecule has 1 N–H and O–H groups in total. The molecule has 2 rings (SSSR count). The van der Waals surface area contributed by atoms with Crippen LogP contribution in [0.2, 0.25) is 10.0 Å². The minimum Gasteiger partial charge on any atom is -0.495 e. The molecule has 0 amide bonds. The third kappa shape index (κ3) is 3.52. The van der Waals surface area contributed by atoms with E-state index in [4.69, 9.17) is 27.9 Å². The molecule has 0 spiro atoms. The molecular weight excluding hydrogens is 307 g/mol. The lowest BCUT2D eigenvalue weighted by Crippen LogP contribution is -2.02. The van der Waals surface area contributed by atoms with Crippen LogP contribution in [-0.4, -0.2) is 12.2 Å². The van der Waals surface area contributed by atoms with Crippen molar-refractivity contribution in [3.63, 3.8) is 0 Å². The number of hydrogen-bond acceptors (Lipinski definition) is 2. The van der Waals surface area contributed by atoms with E-state index < -0.39 is 6.10 Å². The summed E-state index contributed by atoms with van der Waals surface area (Å²) in [7, 11) is 1.53. The first-order valence-corrected chi connectivity index (χ1v) is 7.50. The zero-order valence-electron chi connectivity index (χ0n) is 12.2. The topological polar surface area (TPSA) is 29.5 Å². The fraction of sp³-hybridized carbons (Fsp3) is 0.294. The predicted molar refractivity (Wildman–Crippen MR) is 87.6 cm³/mol. The number of methoxy groups -OCH3 is 1. The Labute approximate surface area is 135 Å². The molecule has 112 valence electrons. The molecule has 0 aliphatic carbocycles. The summed E-state index contributed by atoms with van der Waals surface area (Å²) >= 11 is 12.3. The monoisotopic (exact) mass is 324 g/mol. The second-order valence-electron chi connectivity index (χ2n) is 5.23. The van der Waals surface area contributed by atoms with Crippen molar-refractivity contribution in [3.05, 3.63) is 63.1 Å². The van der Waals surface area contributed by atoms with Gasteiger partial charge in [0.1, 0.15) is 11.9 Å². The number of aliphatic hydroxyl groups excluding tert-OH is 1. The van der Waals surface area contributed by atoms with Gasteiger partial charge in [-0.2, -0.15) is 0 Å². The largest absolute Gasteiger partial charge is 0.495 e. The van der Waals surface area contributed by atoms with Gasteiger partial charge in [0.15, 0.2) is 0 Å². The summed E-state index contributed by atoms with van der Waals surface area (Å²) < 4.78 is 5.11. The molecule has 4 heteroatoms. The van der Waals surface area contributed by atoms with Gasteiger partial charge in [0, 0.05) is 11.6 Å². The average molecular weight is 325 g/mol. The van der Waals surface area contributed by atoms with Gasteiger partial charge in [-0.25, -0.2) is 0 Å². The molecule has 1 atom stereocenters. The number of halogens is 2. The molecule has 0 aliphatic heterocycles. The van der Waals surface area contributed by atoms with Crippen LogP contribution >= 0.6 is 23.2 Å². The summed E-state index contributed by atoms with van der Waals surface area (Å²) in [5, 5.41) is 11.4. The summed E-state index contributed by atoms with van der Waals surface area (Å²) in [5.41, 5.74) is 2.58. The van der Waals surface area contributed by atoms with Crippen LogP contribution in [0.25, 0.3) is 0 Å². The Morgan fingerprint density at radius 2 is 1.52 bits per heavy atom. The van der Waals surface area contributed by atoms with Crippen LogP contribution in [-0.2, 0) is 0 Å². The Morgan fingerprint density at radius 3 is 2.05 bits per heavy atom. The Kier molecular flexibility index (Phi) is 5.15. The van der Waals surface area contributed by atoms with Gasteiger partial charge >= 0.3 is 0 Å². The predicted octanol–water partition coefficient (Wildman–Crippen LogP) is 5.21. The maximum Gasteiger partial charge on any atom is 0.138 e. The van der Waals surface area contributed by atoms with Gasteiger partial charge in [-0.3, -0.25) is 0 Å². The second-order valence-corrected chi connectivity index (χ2v) is 6.05. The first-order chi connectivity index (χ1) is 9.93. The van der Waals surface area contributed by atoms with E-state index in [2.05, 4.69) is 13.8 Å². The molecule has 0 radical (unpaired) electrons. The van der Waals surface area contributed by atoms with Gasteiger partial charge in [-0.1, -0.05) is 61.3 Å². The first-order valence-electron chi connectivity index (χ1n) is 6.75. The molecule has 0 saturated heterocycles. The normalized spacial score (nSPS) is 12.5. The Bertz CT molecular complexity index is 621. The standard InChI is InChI=1S/C17H18Cl2O2/c1-10(2)11-4-6-12(7-5-11)17(20)13-8-15(19)16(21-3)9-14(13)18/h4-10,17,20H,1-3H3. The minimum absolute atomic E-state index is 0.426. The fourth-order valence-electron chi connectivity index (χ4n) is 2.15. The van der Waals surface area contributed by atoms with Crippen LogP contribution in [0.1, 0.15) is 42.6 Å². The van der Waals surface area contributed by atoms with Gasteiger partial charge in [0.05, 0.1) is 17.2 Å². The van der Waals surface area contributed by atoms with Crippen LogP contribution < -0.4 is 4.74 Å². The highest BCUT2D eigenvalue weighted by atomic mass is 35.5. The molecule has 21 heavy (non-hydrogen) atoms. The van der Waals surface area contributed by atoms with Crippen LogP contribution in [0.15, 0.2) is 36.4 Å². The first kappa shape index (κ1) is 16.2. The summed E-state index contributed by atoms with van der Waals surface area (Å²) in [6.45, 7) is 4.26. The fourth-order valence-corrected chi connectivity index (χ4v) is 2.66. The highest BCUT2D eigenvalue weighted by Crippen LogP contribution is 2.36. The number of hydrogen-bond donors (Lipinski definition) is 1. The van der Waals surface area contributed by atoms with E-state index in [-0.39, 0.29) is 0 Å². The van der Waals surface area contributed by atoms with Crippen LogP contribution in [0.4, 0.5) is 0 Å². The van der Waals surface area contributed by atoms with Gasteiger partial charge < -0.3 is 9.84 Å². The van der Waals surface area contributed by atoms with E-state index in [0.717, 1.165) is 5.56 Å². The van der Waals surface area contributed by atoms with Gasteiger partial charge in [-0.15, -0.1) is 0 Å². The molecule has 0 saturated carbocycles. The highest BCUT2D eigenvalue weighted by Gasteiger charge is 2.17. The maximum absolute atomic E-state index is 10.5. The highest BCUT2D eigenvalue weighted by molar-refractivity contribution is 6.34. The molecule has 0 aliphatic rings. The van der Waals surface area contributed by atoms with Crippen molar-refractivity contribution >= 4 is 23.2 Å². The van der Waals surface area contributed by atoms with E-state index >= 15 is 0 Å². The lowest BCUT2D eigenvalue weighted by atomic mass is 9.97. The minimum atomic E-state index is -0.817. The van der Waals surface area contributed by atoms with Crippen molar-refractivity contribution in [1.82, 2.24) is 0 Å².